The number of nitrogens with one attached hydrogen (secondary N) is 1. The number of nitrogens with zero attached hydrogens (tertiary/aromatic N) is 1. The second-order valence-corrected chi connectivity index (χ2v) is 6.52. The normalized spacial score (nSPS) is 10.8. The molecule has 0 spiro atoms. The van der Waals surface area contributed by atoms with Crippen molar-refractivity contribution < 1.29 is 24.5 Å². The summed E-state index contributed by atoms with van der Waals surface area (Å²) in [5, 5.41) is 21.7. The summed E-state index contributed by atoms with van der Waals surface area (Å²) >= 11 is 0. The highest BCUT2D eigenvalue weighted by Crippen LogP contribution is 2.34. The van der Waals surface area contributed by atoms with Crippen LogP contribution in [0, 0.1) is 27.7 Å². The molecule has 0 fully saturated rings. The largest absolute Gasteiger partial charge is 0.465 e. The molecule has 27 heavy (non-hydrogen) atoms. The van der Waals surface area contributed by atoms with Crippen LogP contribution in [0.1, 0.15) is 32.7 Å². The maximum Gasteiger partial charge on any atom is 0.345 e. The first kappa shape index (κ1) is 20.7. The standard InChI is InChI=1S/C20H26N2O5/c1-11-6-12(2)18(13(3)7-11)27-19-17(20(25)26-5)16(8-14(4)21-19)22-15(9-23)10-24/h6-8,15,23-24H,9-10H2,1-5H3,(H,21,22). The molecule has 2 rings (SSSR count). The molecular formula is C20H26N2O5. The van der Waals surface area contributed by atoms with Crippen LogP contribution in [-0.4, -0.2) is 47.5 Å². The molecule has 0 aliphatic carbocycles. The third-order valence-corrected chi connectivity index (χ3v) is 4.11. The lowest BCUT2D eigenvalue weighted by Crippen LogP contribution is -2.29. The van der Waals surface area contributed by atoms with Crippen molar-refractivity contribution in [3.05, 3.63) is 46.1 Å². The van der Waals surface area contributed by atoms with E-state index in [0.717, 1.165) is 16.7 Å². The van der Waals surface area contributed by atoms with E-state index in [4.69, 9.17) is 9.47 Å². The lowest BCUT2D eigenvalue weighted by Gasteiger charge is -2.20. The number of hydrogen-bond acceptors (Lipinski definition) is 7. The van der Waals surface area contributed by atoms with Crippen LogP contribution in [0.3, 0.4) is 0 Å². The molecular weight excluding hydrogens is 348 g/mol. The van der Waals surface area contributed by atoms with Crippen LogP contribution >= 0.6 is 0 Å². The van der Waals surface area contributed by atoms with E-state index in [2.05, 4.69) is 10.3 Å². The number of carbonyl (C=O) groups is 1. The zero-order valence-corrected chi connectivity index (χ0v) is 16.3. The minimum atomic E-state index is -0.633. The van der Waals surface area contributed by atoms with E-state index in [1.807, 2.05) is 32.9 Å². The highest BCUT2D eigenvalue weighted by molar-refractivity contribution is 5.98. The predicted octanol–water partition coefficient (Wildman–Crippen LogP) is 2.66. The van der Waals surface area contributed by atoms with E-state index in [1.165, 1.54) is 7.11 Å². The Morgan fingerprint density at radius 1 is 1.11 bits per heavy atom. The quantitative estimate of drug-likeness (QED) is 0.641. The van der Waals surface area contributed by atoms with E-state index in [1.54, 1.807) is 13.0 Å². The van der Waals surface area contributed by atoms with Gasteiger partial charge in [-0.15, -0.1) is 0 Å². The second-order valence-electron chi connectivity index (χ2n) is 6.52. The molecule has 0 saturated heterocycles. The molecule has 3 N–H and O–H groups in total. The van der Waals surface area contributed by atoms with E-state index >= 15 is 0 Å². The lowest BCUT2D eigenvalue weighted by molar-refractivity contribution is 0.0598. The molecule has 0 amide bonds. The van der Waals surface area contributed by atoms with Crippen LogP contribution in [0.15, 0.2) is 18.2 Å². The van der Waals surface area contributed by atoms with Gasteiger partial charge < -0.3 is 25.0 Å². The third kappa shape index (κ3) is 4.75. The van der Waals surface area contributed by atoms with Crippen molar-refractivity contribution in [1.82, 2.24) is 4.98 Å². The molecule has 1 heterocycles. The molecule has 0 atom stereocenters. The van der Waals surface area contributed by atoms with Gasteiger partial charge in [0.05, 0.1) is 32.1 Å². The monoisotopic (exact) mass is 374 g/mol. The number of aryl methyl sites for hydroxylation is 4. The number of hydrogen-bond donors (Lipinski definition) is 3. The number of ether oxygens (including phenoxy) is 2. The zero-order valence-electron chi connectivity index (χ0n) is 16.3. The van der Waals surface area contributed by atoms with Crippen LogP contribution in [0.5, 0.6) is 11.6 Å². The van der Waals surface area contributed by atoms with Crippen molar-refractivity contribution in [2.75, 3.05) is 25.6 Å². The second kappa shape index (κ2) is 8.83. The van der Waals surface area contributed by atoms with Gasteiger partial charge in [0, 0.05) is 5.69 Å². The van der Waals surface area contributed by atoms with Crippen LogP contribution in [0.25, 0.3) is 0 Å². The smallest absolute Gasteiger partial charge is 0.345 e. The Hall–Kier alpha value is -2.64. The van der Waals surface area contributed by atoms with Crippen molar-refractivity contribution in [2.45, 2.75) is 33.7 Å². The molecule has 0 radical (unpaired) electrons. The summed E-state index contributed by atoms with van der Waals surface area (Å²) in [7, 11) is 1.27. The number of aliphatic hydroxyl groups excluding tert-OH is 2. The first-order valence-corrected chi connectivity index (χ1v) is 8.64. The Kier molecular flexibility index (Phi) is 6.76. The molecule has 7 nitrogen and oxygen atoms in total. The summed E-state index contributed by atoms with van der Waals surface area (Å²) in [5.41, 5.74) is 4.04. The SMILES string of the molecule is COC(=O)c1c(NC(CO)CO)cc(C)nc1Oc1c(C)cc(C)cc1C. The van der Waals surface area contributed by atoms with Gasteiger partial charge in [0.2, 0.25) is 5.88 Å². The van der Waals surface area contributed by atoms with Crippen molar-refractivity contribution in [2.24, 2.45) is 0 Å². The zero-order chi connectivity index (χ0) is 20.1. The molecule has 0 saturated carbocycles. The Bertz CT molecular complexity index is 808. The number of carbonyl (C=O) groups excluding carboxylic acids is 1. The maximum absolute atomic E-state index is 12.4. The minimum absolute atomic E-state index is 0.106. The van der Waals surface area contributed by atoms with Crippen LogP contribution in [0.2, 0.25) is 0 Å². The fourth-order valence-electron chi connectivity index (χ4n) is 2.93. The topological polar surface area (TPSA) is 101 Å². The third-order valence-electron chi connectivity index (χ3n) is 4.11. The van der Waals surface area contributed by atoms with Crippen molar-refractivity contribution in [3.8, 4) is 11.6 Å². The molecule has 1 aromatic heterocycles. The average Bonchev–Trinajstić information content (AvgIpc) is 2.61. The van der Waals surface area contributed by atoms with Crippen molar-refractivity contribution in [1.29, 1.82) is 0 Å². The molecule has 2 aromatic rings. The molecule has 0 bridgehead atoms. The van der Waals surface area contributed by atoms with E-state index in [-0.39, 0.29) is 24.7 Å². The Balaban J connectivity index is 2.58. The van der Waals surface area contributed by atoms with Crippen LogP contribution < -0.4 is 10.1 Å². The summed E-state index contributed by atoms with van der Waals surface area (Å²) in [6.07, 6.45) is 0. The first-order chi connectivity index (χ1) is 12.8. The molecule has 0 aliphatic rings. The number of benzene rings is 1. The van der Waals surface area contributed by atoms with Gasteiger partial charge in [-0.05, 0) is 44.9 Å². The Morgan fingerprint density at radius 2 is 1.70 bits per heavy atom. The summed E-state index contributed by atoms with van der Waals surface area (Å²) in [5.74, 6) is 0.0988. The van der Waals surface area contributed by atoms with Gasteiger partial charge in [-0.25, -0.2) is 9.78 Å². The molecule has 146 valence electrons. The van der Waals surface area contributed by atoms with Gasteiger partial charge in [0.15, 0.2) is 0 Å². The lowest BCUT2D eigenvalue weighted by atomic mass is 10.1. The number of methoxy groups -OCH3 is 1. The molecule has 0 unspecified atom stereocenters. The molecule has 0 aliphatic heterocycles. The van der Waals surface area contributed by atoms with E-state index < -0.39 is 12.0 Å². The van der Waals surface area contributed by atoms with Gasteiger partial charge in [0.25, 0.3) is 0 Å². The van der Waals surface area contributed by atoms with Crippen molar-refractivity contribution >= 4 is 11.7 Å². The van der Waals surface area contributed by atoms with Gasteiger partial charge in [-0.1, -0.05) is 17.7 Å². The number of anilines is 1. The maximum atomic E-state index is 12.4. The molecule has 7 heteroatoms. The predicted molar refractivity (Wildman–Crippen MR) is 103 cm³/mol. The highest BCUT2D eigenvalue weighted by atomic mass is 16.5. The Labute approximate surface area is 159 Å². The Morgan fingerprint density at radius 3 is 2.22 bits per heavy atom. The van der Waals surface area contributed by atoms with Gasteiger partial charge >= 0.3 is 5.97 Å². The highest BCUT2D eigenvalue weighted by Gasteiger charge is 2.24. The average molecular weight is 374 g/mol. The number of pyridine rings is 1. The minimum Gasteiger partial charge on any atom is -0.465 e. The summed E-state index contributed by atoms with van der Waals surface area (Å²) in [4.78, 5) is 16.8. The fourth-order valence-corrected chi connectivity index (χ4v) is 2.93. The van der Waals surface area contributed by atoms with Crippen molar-refractivity contribution in [3.63, 3.8) is 0 Å². The summed E-state index contributed by atoms with van der Waals surface area (Å²) in [6.45, 7) is 7.02. The number of rotatable bonds is 7. The van der Waals surface area contributed by atoms with Gasteiger partial charge in [-0.2, -0.15) is 0 Å². The number of aliphatic hydroxyl groups is 2. The van der Waals surface area contributed by atoms with Gasteiger partial charge in [-0.3, -0.25) is 0 Å². The van der Waals surface area contributed by atoms with Crippen LogP contribution in [0.4, 0.5) is 5.69 Å². The van der Waals surface area contributed by atoms with Crippen LogP contribution in [-0.2, 0) is 4.74 Å². The van der Waals surface area contributed by atoms with E-state index in [9.17, 15) is 15.0 Å². The fraction of sp³-hybridized carbons (Fsp3) is 0.400. The molecule has 1 aromatic carbocycles. The van der Waals surface area contributed by atoms with Gasteiger partial charge in [0.1, 0.15) is 11.3 Å². The summed E-state index contributed by atoms with van der Waals surface area (Å²) in [6, 6.07) is 4.99. The number of aromatic nitrogens is 1. The summed E-state index contributed by atoms with van der Waals surface area (Å²) < 4.78 is 10.9. The first-order valence-electron chi connectivity index (χ1n) is 8.64. The number of esters is 1. The van der Waals surface area contributed by atoms with E-state index in [0.29, 0.717) is 17.1 Å².